The van der Waals surface area contributed by atoms with Crippen molar-refractivity contribution in [2.24, 2.45) is 0 Å². The van der Waals surface area contributed by atoms with Crippen LogP contribution in [0.15, 0.2) is 0 Å². The van der Waals surface area contributed by atoms with Gasteiger partial charge < -0.3 is 40.6 Å². The number of nitrogens with one attached hydrogen (secondary N) is 4. The van der Waals surface area contributed by atoms with Crippen LogP contribution in [0, 0.1) is 0 Å². The summed E-state index contributed by atoms with van der Waals surface area (Å²) in [4.78, 5) is 59.8. The number of aliphatic carboxylic acids is 1. The van der Waals surface area contributed by atoms with Crippen LogP contribution in [0.1, 0.15) is 130 Å². The molecule has 0 saturated carbocycles. The van der Waals surface area contributed by atoms with Crippen molar-refractivity contribution in [2.45, 2.75) is 147 Å². The van der Waals surface area contributed by atoms with Crippen LogP contribution in [-0.2, 0) is 38.2 Å². The minimum atomic E-state index is -0.699. The van der Waals surface area contributed by atoms with Crippen molar-refractivity contribution in [2.75, 3.05) is 70.8 Å². The van der Waals surface area contributed by atoms with Gasteiger partial charge >= 0.3 is 5.97 Å². The molecule has 0 aromatic heterocycles. The van der Waals surface area contributed by atoms with Gasteiger partial charge in [0, 0.05) is 32.5 Å². The first-order valence-electron chi connectivity index (χ1n) is 20.3. The smallest absolute Gasteiger partial charge is 0.303 e. The Kier molecular flexibility index (Phi) is 36.4. The summed E-state index contributed by atoms with van der Waals surface area (Å²) in [6, 6.07) is -0.688. The Bertz CT molecular complexity index is 976. The highest BCUT2D eigenvalue weighted by atomic mass is 32.2. The van der Waals surface area contributed by atoms with Gasteiger partial charge in [-0.15, -0.1) is 23.5 Å². The zero-order valence-electron chi connectivity index (χ0n) is 33.9. The van der Waals surface area contributed by atoms with E-state index in [4.69, 9.17) is 19.3 Å². The van der Waals surface area contributed by atoms with E-state index in [9.17, 15) is 24.0 Å². The number of carbonyl (C=O) groups is 5. The molecule has 0 aliphatic carbocycles. The minimum Gasteiger partial charge on any atom is -0.481 e. The van der Waals surface area contributed by atoms with E-state index < -0.39 is 12.0 Å². The maximum atomic E-state index is 12.8. The fourth-order valence-electron chi connectivity index (χ4n) is 5.17. The van der Waals surface area contributed by atoms with Crippen molar-refractivity contribution in [1.82, 2.24) is 21.3 Å². The third-order valence-electron chi connectivity index (χ3n) is 8.14. The van der Waals surface area contributed by atoms with Crippen LogP contribution in [0.4, 0.5) is 0 Å². The number of ether oxygens (including phenoxy) is 3. The highest BCUT2D eigenvalue weighted by molar-refractivity contribution is 8.00. The fraction of sp³-hybridized carbons (Fsp3) is 0.872. The molecule has 0 aliphatic heterocycles. The standard InChI is InChI=1S/C39H74N4O9S2/c1-32(2)53-30-36(45)40-21-17-18-34(43-37(46)31-54-33(3)4)39(49)42-23-25-51-27-29-52-28-26-50-24-22-41-35(44)19-15-13-11-9-7-5-6-8-10-12-14-16-20-38(47)48/h32-34H,5-31H2,1-4H3,(H,40,45)(H,41,44)(H,42,49)(H,43,46)(H,47,48)/t34-/m0/s1. The number of unbranched alkanes of at least 4 members (excludes halogenated alkanes) is 11. The summed E-state index contributed by atoms with van der Waals surface area (Å²) >= 11 is 3.09. The Labute approximate surface area is 334 Å². The summed E-state index contributed by atoms with van der Waals surface area (Å²) < 4.78 is 16.6. The van der Waals surface area contributed by atoms with Gasteiger partial charge in [-0.2, -0.15) is 0 Å². The van der Waals surface area contributed by atoms with E-state index in [2.05, 4.69) is 21.3 Å². The molecular formula is C39H74N4O9S2. The lowest BCUT2D eigenvalue weighted by Gasteiger charge is -2.19. The zero-order valence-corrected chi connectivity index (χ0v) is 35.5. The molecule has 0 aromatic rings. The number of carbonyl (C=O) groups excluding carboxylic acids is 4. The van der Waals surface area contributed by atoms with E-state index >= 15 is 0 Å². The van der Waals surface area contributed by atoms with Crippen LogP contribution in [-0.4, -0.2) is 122 Å². The molecule has 0 unspecified atom stereocenters. The Hall–Kier alpha value is -2.07. The molecule has 54 heavy (non-hydrogen) atoms. The van der Waals surface area contributed by atoms with Crippen LogP contribution in [0.2, 0.25) is 0 Å². The fourth-order valence-corrected chi connectivity index (χ4v) is 6.32. The molecule has 0 aromatic carbocycles. The summed E-state index contributed by atoms with van der Waals surface area (Å²) in [7, 11) is 0. The maximum absolute atomic E-state index is 12.8. The lowest BCUT2D eigenvalue weighted by molar-refractivity contribution is -0.137. The van der Waals surface area contributed by atoms with Crippen molar-refractivity contribution < 1.29 is 43.3 Å². The average Bonchev–Trinajstić information content (AvgIpc) is 3.12. The van der Waals surface area contributed by atoms with Gasteiger partial charge in [0.05, 0.1) is 51.1 Å². The van der Waals surface area contributed by atoms with Crippen molar-refractivity contribution in [3.05, 3.63) is 0 Å². The third kappa shape index (κ3) is 38.2. The second-order valence-electron chi connectivity index (χ2n) is 13.9. The largest absolute Gasteiger partial charge is 0.481 e. The van der Waals surface area contributed by atoms with Crippen LogP contribution in [0.3, 0.4) is 0 Å². The van der Waals surface area contributed by atoms with E-state index in [-0.39, 0.29) is 35.8 Å². The molecular weight excluding hydrogens is 733 g/mol. The molecule has 316 valence electrons. The van der Waals surface area contributed by atoms with Crippen LogP contribution < -0.4 is 21.3 Å². The average molecular weight is 807 g/mol. The summed E-state index contributed by atoms with van der Waals surface area (Å²) in [6.45, 7) is 11.6. The number of hydrogen-bond acceptors (Lipinski definition) is 10. The second kappa shape index (κ2) is 37.8. The van der Waals surface area contributed by atoms with E-state index in [0.29, 0.717) is 94.8 Å². The maximum Gasteiger partial charge on any atom is 0.303 e. The first-order chi connectivity index (χ1) is 26.0. The van der Waals surface area contributed by atoms with Gasteiger partial charge in [0.15, 0.2) is 0 Å². The van der Waals surface area contributed by atoms with Crippen molar-refractivity contribution in [3.63, 3.8) is 0 Å². The minimum absolute atomic E-state index is 0.0332. The van der Waals surface area contributed by atoms with Crippen molar-refractivity contribution >= 4 is 53.1 Å². The molecule has 15 heteroatoms. The first-order valence-corrected chi connectivity index (χ1v) is 22.4. The summed E-state index contributed by atoms with van der Waals surface area (Å²) in [6.07, 6.45) is 15.3. The molecule has 0 bridgehead atoms. The number of carboxylic acids is 1. The molecule has 13 nitrogen and oxygen atoms in total. The second-order valence-corrected chi connectivity index (χ2v) is 17.1. The van der Waals surface area contributed by atoms with Crippen LogP contribution >= 0.6 is 23.5 Å². The molecule has 0 radical (unpaired) electrons. The van der Waals surface area contributed by atoms with Gasteiger partial charge in [-0.25, -0.2) is 0 Å². The van der Waals surface area contributed by atoms with Crippen molar-refractivity contribution in [1.29, 1.82) is 0 Å². The topological polar surface area (TPSA) is 181 Å². The number of hydrogen-bond donors (Lipinski definition) is 5. The van der Waals surface area contributed by atoms with Gasteiger partial charge in [-0.3, -0.25) is 24.0 Å². The van der Waals surface area contributed by atoms with E-state index in [0.717, 1.165) is 38.5 Å². The number of amides is 4. The molecule has 1 atom stereocenters. The highest BCUT2D eigenvalue weighted by Gasteiger charge is 2.20. The monoisotopic (exact) mass is 806 g/mol. The van der Waals surface area contributed by atoms with Gasteiger partial charge in [-0.1, -0.05) is 91.9 Å². The molecule has 0 rings (SSSR count). The molecule has 0 saturated heterocycles. The molecule has 5 N–H and O–H groups in total. The van der Waals surface area contributed by atoms with Gasteiger partial charge in [0.2, 0.25) is 23.6 Å². The SMILES string of the molecule is CC(C)SCC(=O)NCCC[C@H](NC(=O)CSC(C)C)C(=O)NCCOCCOCCOCCNC(=O)CCCCCCCCCCCCCCC(=O)O. The van der Waals surface area contributed by atoms with Crippen LogP contribution in [0.5, 0.6) is 0 Å². The van der Waals surface area contributed by atoms with E-state index in [1.807, 2.05) is 27.7 Å². The Morgan fingerprint density at radius 2 is 0.926 bits per heavy atom. The Morgan fingerprint density at radius 1 is 0.500 bits per heavy atom. The molecule has 0 aliphatic rings. The Balaban J connectivity index is 3.77. The normalized spacial score (nSPS) is 11.8. The zero-order chi connectivity index (χ0) is 40.1. The van der Waals surface area contributed by atoms with Crippen molar-refractivity contribution in [3.8, 4) is 0 Å². The molecule has 0 fully saturated rings. The number of thioether (sulfide) groups is 2. The van der Waals surface area contributed by atoms with E-state index in [1.54, 1.807) is 11.8 Å². The summed E-state index contributed by atoms with van der Waals surface area (Å²) in [5, 5.41) is 20.8. The van der Waals surface area contributed by atoms with Crippen LogP contribution in [0.25, 0.3) is 0 Å². The Morgan fingerprint density at radius 3 is 1.43 bits per heavy atom. The lowest BCUT2D eigenvalue weighted by Crippen LogP contribution is -2.48. The molecule has 0 heterocycles. The lowest BCUT2D eigenvalue weighted by atomic mass is 10.0. The quantitative estimate of drug-likeness (QED) is 0.0497. The summed E-state index contributed by atoms with van der Waals surface area (Å²) in [5.74, 6) is -0.459. The van der Waals surface area contributed by atoms with E-state index in [1.165, 1.54) is 50.3 Å². The third-order valence-corrected chi connectivity index (χ3v) is 10.3. The summed E-state index contributed by atoms with van der Waals surface area (Å²) in [5.41, 5.74) is 0. The highest BCUT2D eigenvalue weighted by Crippen LogP contribution is 2.13. The molecule has 0 spiro atoms. The first kappa shape index (κ1) is 51.9. The number of carboxylic acid groups (broad SMARTS) is 1. The van der Waals surface area contributed by atoms with Gasteiger partial charge in [0.1, 0.15) is 6.04 Å². The predicted molar refractivity (Wildman–Crippen MR) is 220 cm³/mol. The molecule has 4 amide bonds. The number of rotatable bonds is 39. The van der Waals surface area contributed by atoms with Gasteiger partial charge in [0.25, 0.3) is 0 Å². The predicted octanol–water partition coefficient (Wildman–Crippen LogP) is 5.48. The van der Waals surface area contributed by atoms with Gasteiger partial charge in [-0.05, 0) is 36.2 Å².